The van der Waals surface area contributed by atoms with Gasteiger partial charge in [-0.05, 0) is 50.1 Å². The maximum absolute atomic E-state index is 13.0. The van der Waals surface area contributed by atoms with Crippen molar-refractivity contribution in [1.82, 2.24) is 19.6 Å². The maximum atomic E-state index is 13.0. The Morgan fingerprint density at radius 1 is 1.03 bits per heavy atom. The van der Waals surface area contributed by atoms with Gasteiger partial charge in [-0.25, -0.2) is 4.68 Å². The molecule has 152 valence electrons. The Bertz CT molecular complexity index is 1170. The summed E-state index contributed by atoms with van der Waals surface area (Å²) in [5.41, 5.74) is 6.32. The lowest BCUT2D eigenvalue weighted by atomic mass is 10.1. The van der Waals surface area contributed by atoms with Gasteiger partial charge in [-0.3, -0.25) is 9.48 Å². The highest BCUT2D eigenvalue weighted by Gasteiger charge is 2.17. The van der Waals surface area contributed by atoms with Crippen molar-refractivity contribution in [2.24, 2.45) is 0 Å². The number of carbonyl (C=O) groups excluding carboxylic acids is 1. The third-order valence-electron chi connectivity index (χ3n) is 5.06. The molecule has 2 aromatic carbocycles. The largest absolute Gasteiger partial charge is 0.322 e. The van der Waals surface area contributed by atoms with Crippen molar-refractivity contribution in [2.45, 2.75) is 33.7 Å². The van der Waals surface area contributed by atoms with E-state index in [2.05, 4.69) is 27.6 Å². The molecular weight excluding hydrogens is 374 g/mol. The molecule has 1 N–H and O–H groups in total. The molecular formula is C24H25N5O. The summed E-state index contributed by atoms with van der Waals surface area (Å²) in [5, 5.41) is 12.0. The SMILES string of the molecule is CCc1c(C(=O)Nc2cccc(-n3nc(C)cc3C)c2)cnn1Cc1ccccc1. The number of aryl methyl sites for hydroxylation is 2. The van der Waals surface area contributed by atoms with Crippen LogP contribution in [0.25, 0.3) is 5.69 Å². The minimum atomic E-state index is -0.156. The Hall–Kier alpha value is -3.67. The van der Waals surface area contributed by atoms with E-state index < -0.39 is 0 Å². The molecule has 2 heterocycles. The summed E-state index contributed by atoms with van der Waals surface area (Å²) in [6, 6.07) is 19.9. The van der Waals surface area contributed by atoms with Gasteiger partial charge in [0.15, 0.2) is 0 Å². The summed E-state index contributed by atoms with van der Waals surface area (Å²) in [7, 11) is 0. The van der Waals surface area contributed by atoms with Crippen molar-refractivity contribution in [3.05, 3.63) is 95.1 Å². The van der Waals surface area contributed by atoms with Crippen molar-refractivity contribution in [2.75, 3.05) is 5.32 Å². The second-order valence-electron chi connectivity index (χ2n) is 7.35. The van der Waals surface area contributed by atoms with Crippen molar-refractivity contribution >= 4 is 11.6 Å². The minimum absolute atomic E-state index is 0.156. The van der Waals surface area contributed by atoms with E-state index in [9.17, 15) is 4.79 Å². The van der Waals surface area contributed by atoms with Gasteiger partial charge in [0.2, 0.25) is 0 Å². The Morgan fingerprint density at radius 3 is 2.53 bits per heavy atom. The average molecular weight is 399 g/mol. The lowest BCUT2D eigenvalue weighted by Gasteiger charge is -2.10. The van der Waals surface area contributed by atoms with E-state index in [-0.39, 0.29) is 5.91 Å². The third-order valence-corrected chi connectivity index (χ3v) is 5.06. The van der Waals surface area contributed by atoms with Crippen molar-refractivity contribution in [3.63, 3.8) is 0 Å². The summed E-state index contributed by atoms with van der Waals surface area (Å²) >= 11 is 0. The first-order valence-corrected chi connectivity index (χ1v) is 10.1. The number of benzene rings is 2. The Morgan fingerprint density at radius 2 is 1.83 bits per heavy atom. The molecule has 2 aromatic heterocycles. The number of amides is 1. The van der Waals surface area contributed by atoms with Gasteiger partial charge in [0.05, 0.1) is 35.4 Å². The summed E-state index contributed by atoms with van der Waals surface area (Å²) in [4.78, 5) is 13.0. The fourth-order valence-electron chi connectivity index (χ4n) is 3.67. The smallest absolute Gasteiger partial charge is 0.259 e. The number of hydrogen-bond donors (Lipinski definition) is 1. The summed E-state index contributed by atoms with van der Waals surface area (Å²) in [6.07, 6.45) is 2.38. The molecule has 0 aliphatic heterocycles. The van der Waals surface area contributed by atoms with Crippen molar-refractivity contribution in [3.8, 4) is 5.69 Å². The molecule has 0 spiro atoms. The molecule has 0 aliphatic carbocycles. The van der Waals surface area contributed by atoms with Crippen LogP contribution in [0, 0.1) is 13.8 Å². The molecule has 0 atom stereocenters. The van der Waals surface area contributed by atoms with E-state index in [0.717, 1.165) is 40.4 Å². The zero-order valence-corrected chi connectivity index (χ0v) is 17.5. The predicted octanol–water partition coefficient (Wildman–Crippen LogP) is 4.55. The Labute approximate surface area is 176 Å². The monoisotopic (exact) mass is 399 g/mol. The standard InChI is InChI=1S/C24H25N5O/c1-4-23-22(15-25-28(23)16-19-9-6-5-7-10-19)24(30)26-20-11-8-12-21(14-20)29-18(3)13-17(2)27-29/h5-15H,4,16H2,1-3H3,(H,26,30). The zero-order valence-electron chi connectivity index (χ0n) is 17.5. The number of rotatable bonds is 6. The molecule has 6 nitrogen and oxygen atoms in total. The molecule has 4 aromatic rings. The highest BCUT2D eigenvalue weighted by Crippen LogP contribution is 2.19. The van der Waals surface area contributed by atoms with Crippen molar-refractivity contribution in [1.29, 1.82) is 0 Å². The molecule has 0 bridgehead atoms. The van der Waals surface area contributed by atoms with E-state index in [4.69, 9.17) is 0 Å². The Kier molecular flexibility index (Phi) is 5.48. The van der Waals surface area contributed by atoms with Crippen LogP contribution < -0.4 is 5.32 Å². The Balaban J connectivity index is 1.56. The minimum Gasteiger partial charge on any atom is -0.322 e. The fourth-order valence-corrected chi connectivity index (χ4v) is 3.67. The van der Waals surface area contributed by atoms with Crippen LogP contribution in [0.5, 0.6) is 0 Å². The number of aromatic nitrogens is 4. The first-order chi connectivity index (χ1) is 14.5. The van der Waals surface area contributed by atoms with Crippen LogP contribution in [-0.2, 0) is 13.0 Å². The van der Waals surface area contributed by atoms with Crippen LogP contribution in [0.4, 0.5) is 5.69 Å². The van der Waals surface area contributed by atoms with Gasteiger partial charge in [0, 0.05) is 11.4 Å². The molecule has 30 heavy (non-hydrogen) atoms. The first kappa shape index (κ1) is 19.6. The van der Waals surface area contributed by atoms with E-state index in [1.807, 2.05) is 78.7 Å². The molecule has 4 rings (SSSR count). The molecule has 6 heteroatoms. The van der Waals surface area contributed by atoms with Gasteiger partial charge < -0.3 is 5.32 Å². The highest BCUT2D eigenvalue weighted by atomic mass is 16.1. The van der Waals surface area contributed by atoms with E-state index >= 15 is 0 Å². The van der Waals surface area contributed by atoms with E-state index in [0.29, 0.717) is 12.1 Å². The lowest BCUT2D eigenvalue weighted by molar-refractivity contribution is 0.102. The molecule has 0 saturated carbocycles. The number of anilines is 1. The second-order valence-corrected chi connectivity index (χ2v) is 7.35. The van der Waals surface area contributed by atoms with Gasteiger partial charge in [-0.2, -0.15) is 10.2 Å². The number of hydrogen-bond acceptors (Lipinski definition) is 3. The molecule has 1 amide bonds. The number of nitrogens with zero attached hydrogens (tertiary/aromatic N) is 4. The number of carbonyl (C=O) groups is 1. The fraction of sp³-hybridized carbons (Fsp3) is 0.208. The first-order valence-electron chi connectivity index (χ1n) is 10.1. The lowest BCUT2D eigenvalue weighted by Crippen LogP contribution is -2.15. The van der Waals surface area contributed by atoms with Crippen LogP contribution in [0.3, 0.4) is 0 Å². The average Bonchev–Trinajstić information content (AvgIpc) is 3.31. The van der Waals surface area contributed by atoms with Gasteiger partial charge in [-0.15, -0.1) is 0 Å². The zero-order chi connectivity index (χ0) is 21.1. The molecule has 0 fully saturated rings. The second kappa shape index (κ2) is 8.37. The van der Waals surface area contributed by atoms with Gasteiger partial charge in [0.25, 0.3) is 5.91 Å². The normalized spacial score (nSPS) is 10.9. The van der Waals surface area contributed by atoms with Crippen LogP contribution in [0.2, 0.25) is 0 Å². The summed E-state index contributed by atoms with van der Waals surface area (Å²) in [5.74, 6) is -0.156. The van der Waals surface area contributed by atoms with Gasteiger partial charge >= 0.3 is 0 Å². The van der Waals surface area contributed by atoms with Crippen LogP contribution in [0.15, 0.2) is 66.9 Å². The molecule has 0 unspecified atom stereocenters. The number of nitrogens with one attached hydrogen (secondary N) is 1. The van der Waals surface area contributed by atoms with E-state index in [1.165, 1.54) is 0 Å². The third kappa shape index (κ3) is 4.03. The maximum Gasteiger partial charge on any atom is 0.259 e. The predicted molar refractivity (Wildman–Crippen MR) is 118 cm³/mol. The molecule has 0 radical (unpaired) electrons. The van der Waals surface area contributed by atoms with Gasteiger partial charge in [-0.1, -0.05) is 43.3 Å². The summed E-state index contributed by atoms with van der Waals surface area (Å²) in [6.45, 7) is 6.66. The topological polar surface area (TPSA) is 64.7 Å². The van der Waals surface area contributed by atoms with Crippen LogP contribution in [0.1, 0.15) is 39.9 Å². The summed E-state index contributed by atoms with van der Waals surface area (Å²) < 4.78 is 3.77. The highest BCUT2D eigenvalue weighted by molar-refractivity contribution is 6.05. The van der Waals surface area contributed by atoms with Crippen LogP contribution >= 0.6 is 0 Å². The molecule has 0 saturated heterocycles. The van der Waals surface area contributed by atoms with E-state index in [1.54, 1.807) is 6.20 Å². The quantitative estimate of drug-likeness (QED) is 0.517. The van der Waals surface area contributed by atoms with Gasteiger partial charge in [0.1, 0.15) is 0 Å². The molecule has 0 aliphatic rings. The van der Waals surface area contributed by atoms with Crippen LogP contribution in [-0.4, -0.2) is 25.5 Å². The van der Waals surface area contributed by atoms with Crippen molar-refractivity contribution < 1.29 is 4.79 Å².